The van der Waals surface area contributed by atoms with Crippen molar-refractivity contribution >= 4 is 29.6 Å². The van der Waals surface area contributed by atoms with E-state index < -0.39 is 41.1 Å². The van der Waals surface area contributed by atoms with Gasteiger partial charge in [0.1, 0.15) is 34.2 Å². The molecule has 188 valence electrons. The number of carboxylic acids is 1. The van der Waals surface area contributed by atoms with Gasteiger partial charge in [-0.1, -0.05) is 0 Å². The molecule has 0 spiro atoms. The fraction of sp³-hybridized carbons (Fsp3) is 0.565. The third kappa shape index (κ3) is 6.30. The Morgan fingerprint density at radius 2 is 1.65 bits per heavy atom. The van der Waals surface area contributed by atoms with Gasteiger partial charge >= 0.3 is 12.1 Å². The molecule has 1 saturated heterocycles. The van der Waals surface area contributed by atoms with E-state index in [-0.39, 0.29) is 22.7 Å². The summed E-state index contributed by atoms with van der Waals surface area (Å²) in [6.07, 6.45) is 0.256. The highest BCUT2D eigenvalue weighted by Crippen LogP contribution is 2.34. The van der Waals surface area contributed by atoms with Crippen LogP contribution in [-0.2, 0) is 14.3 Å². The summed E-state index contributed by atoms with van der Waals surface area (Å²) >= 11 is 0. The summed E-state index contributed by atoms with van der Waals surface area (Å²) < 4.78 is 15.6. The predicted octanol–water partition coefficient (Wildman–Crippen LogP) is 2.63. The van der Waals surface area contributed by atoms with E-state index in [1.807, 2.05) is 0 Å². The van der Waals surface area contributed by atoms with Crippen molar-refractivity contribution in [2.45, 2.75) is 64.6 Å². The average molecular weight is 480 g/mol. The van der Waals surface area contributed by atoms with Crippen molar-refractivity contribution in [1.82, 2.24) is 10.2 Å². The first-order chi connectivity index (χ1) is 15.7. The number of likely N-dealkylation sites (tertiary alicyclic amines) is 1. The van der Waals surface area contributed by atoms with Crippen LogP contribution in [0.4, 0.5) is 10.5 Å². The van der Waals surface area contributed by atoms with Gasteiger partial charge in [-0.3, -0.25) is 9.59 Å². The van der Waals surface area contributed by atoms with E-state index in [1.165, 1.54) is 45.1 Å². The highest BCUT2D eigenvalue weighted by atomic mass is 16.6. The minimum Gasteiger partial charge on any atom is -0.496 e. The summed E-state index contributed by atoms with van der Waals surface area (Å²) in [7, 11) is 2.70. The Kier molecular flexibility index (Phi) is 8.01. The minimum atomic E-state index is -1.32. The van der Waals surface area contributed by atoms with E-state index >= 15 is 0 Å². The second-order valence-electron chi connectivity index (χ2n) is 9.46. The molecule has 1 aromatic carbocycles. The minimum absolute atomic E-state index is 0.0787. The fourth-order valence-electron chi connectivity index (χ4n) is 3.63. The third-order valence-electron chi connectivity index (χ3n) is 5.17. The maximum Gasteiger partial charge on any atom is 0.408 e. The normalized spacial score (nSPS) is 16.0. The number of hydrogen-bond acceptors (Lipinski definition) is 7. The van der Waals surface area contributed by atoms with Crippen LogP contribution < -0.4 is 20.1 Å². The zero-order valence-electron chi connectivity index (χ0n) is 20.6. The number of methoxy groups -OCH3 is 2. The lowest BCUT2D eigenvalue weighted by molar-refractivity contribution is -0.141. The molecule has 0 bridgehead atoms. The molecule has 11 heteroatoms. The van der Waals surface area contributed by atoms with E-state index in [1.54, 1.807) is 20.8 Å². The Balaban J connectivity index is 2.22. The van der Waals surface area contributed by atoms with E-state index in [4.69, 9.17) is 14.2 Å². The molecule has 1 aliphatic heterocycles. The summed E-state index contributed by atoms with van der Waals surface area (Å²) in [5.74, 6) is -1.89. The van der Waals surface area contributed by atoms with Crippen LogP contribution >= 0.6 is 0 Å². The lowest BCUT2D eigenvalue weighted by Crippen LogP contribution is -2.58. The maximum absolute atomic E-state index is 13.2. The highest BCUT2D eigenvalue weighted by Gasteiger charge is 2.42. The molecule has 1 aromatic rings. The van der Waals surface area contributed by atoms with Crippen molar-refractivity contribution in [3.8, 4) is 11.5 Å². The average Bonchev–Trinajstić information content (AvgIpc) is 3.20. The molecule has 1 aliphatic rings. The number of carbonyl (C=O) groups is 4. The Morgan fingerprint density at radius 3 is 2.18 bits per heavy atom. The van der Waals surface area contributed by atoms with E-state index in [2.05, 4.69) is 10.6 Å². The lowest BCUT2D eigenvalue weighted by atomic mass is 10.0. The number of nitrogens with zero attached hydrogens (tertiary/aromatic N) is 1. The van der Waals surface area contributed by atoms with Crippen molar-refractivity contribution in [2.75, 3.05) is 26.1 Å². The molecule has 0 unspecified atom stereocenters. The van der Waals surface area contributed by atoms with Crippen LogP contribution in [0.25, 0.3) is 0 Å². The number of benzene rings is 1. The molecule has 0 saturated carbocycles. The molecule has 2 rings (SSSR count). The topological polar surface area (TPSA) is 144 Å². The largest absolute Gasteiger partial charge is 0.496 e. The number of anilines is 1. The highest BCUT2D eigenvalue weighted by molar-refractivity contribution is 6.02. The van der Waals surface area contributed by atoms with Crippen molar-refractivity contribution in [1.29, 1.82) is 0 Å². The zero-order chi connectivity index (χ0) is 25.8. The second kappa shape index (κ2) is 10.2. The Bertz CT molecular complexity index is 968. The first-order valence-electron chi connectivity index (χ1n) is 10.8. The quantitative estimate of drug-likeness (QED) is 0.541. The first-order valence-corrected chi connectivity index (χ1v) is 10.8. The van der Waals surface area contributed by atoms with Crippen molar-refractivity contribution in [3.63, 3.8) is 0 Å². The summed E-state index contributed by atoms with van der Waals surface area (Å²) in [4.78, 5) is 51.5. The molecule has 0 aliphatic carbocycles. The lowest BCUT2D eigenvalue weighted by Gasteiger charge is -2.33. The van der Waals surface area contributed by atoms with Crippen LogP contribution in [0, 0.1) is 0 Å². The van der Waals surface area contributed by atoms with Crippen molar-refractivity contribution in [2.24, 2.45) is 0 Å². The monoisotopic (exact) mass is 479 g/mol. The van der Waals surface area contributed by atoms with Gasteiger partial charge in [-0.15, -0.1) is 0 Å². The second-order valence-corrected chi connectivity index (χ2v) is 9.46. The maximum atomic E-state index is 13.2. The summed E-state index contributed by atoms with van der Waals surface area (Å²) in [5.41, 5.74) is -2.07. The number of carbonyl (C=O) groups excluding carboxylic acids is 3. The smallest absolute Gasteiger partial charge is 0.408 e. The number of alkyl carbamates (subject to hydrolysis) is 1. The predicted molar refractivity (Wildman–Crippen MR) is 123 cm³/mol. The van der Waals surface area contributed by atoms with Crippen LogP contribution in [0.1, 0.15) is 57.8 Å². The SMILES string of the molecule is COc1cc(OC)c(C(=O)O)cc1NC(=O)[C@@H]1CCCN1C(=O)C(C)(C)NC(=O)OC(C)(C)C. The molecule has 1 atom stereocenters. The van der Waals surface area contributed by atoms with Gasteiger partial charge in [0, 0.05) is 12.6 Å². The van der Waals surface area contributed by atoms with Crippen molar-refractivity contribution in [3.05, 3.63) is 17.7 Å². The molecular formula is C23H33N3O8. The molecule has 11 nitrogen and oxygen atoms in total. The zero-order valence-corrected chi connectivity index (χ0v) is 20.6. The van der Waals surface area contributed by atoms with Gasteiger partial charge < -0.3 is 34.9 Å². The molecule has 3 amide bonds. The number of aromatic carboxylic acids is 1. The number of amides is 3. The van der Waals surface area contributed by atoms with Crippen LogP contribution in [-0.4, -0.2) is 71.8 Å². The molecule has 1 fully saturated rings. The molecular weight excluding hydrogens is 446 g/mol. The van der Waals surface area contributed by atoms with Crippen LogP contribution in [0.15, 0.2) is 12.1 Å². The van der Waals surface area contributed by atoms with E-state index in [0.29, 0.717) is 19.4 Å². The van der Waals surface area contributed by atoms with Gasteiger partial charge in [-0.2, -0.15) is 0 Å². The molecule has 1 heterocycles. The number of rotatable bonds is 7. The number of nitrogens with one attached hydrogen (secondary N) is 2. The molecule has 34 heavy (non-hydrogen) atoms. The summed E-state index contributed by atoms with van der Waals surface area (Å²) in [6, 6.07) is 1.80. The van der Waals surface area contributed by atoms with Gasteiger partial charge in [-0.25, -0.2) is 9.59 Å². The number of carboxylic acid groups (broad SMARTS) is 1. The number of ether oxygens (including phenoxy) is 3. The molecule has 0 aromatic heterocycles. The standard InChI is InChI=1S/C23H33N3O8/c1-22(2,3)34-21(31)25-23(4,5)20(30)26-10-8-9-15(26)18(27)24-14-11-13(19(28)29)16(32-6)12-17(14)33-7/h11-12,15H,8-10H2,1-7H3,(H,24,27)(H,25,31)(H,28,29)/t15-/m0/s1. The van der Waals surface area contributed by atoms with Gasteiger partial charge in [0.05, 0.1) is 19.9 Å². The Morgan fingerprint density at radius 1 is 1.03 bits per heavy atom. The van der Waals surface area contributed by atoms with Gasteiger partial charge in [0.25, 0.3) is 0 Å². The fourth-order valence-corrected chi connectivity index (χ4v) is 3.63. The van der Waals surface area contributed by atoms with Gasteiger partial charge in [-0.05, 0) is 53.5 Å². The first kappa shape index (κ1) is 26.7. The molecule has 3 N–H and O–H groups in total. The molecule has 0 radical (unpaired) electrons. The van der Waals surface area contributed by atoms with Gasteiger partial charge in [0.2, 0.25) is 11.8 Å². The van der Waals surface area contributed by atoms with E-state index in [9.17, 15) is 24.3 Å². The van der Waals surface area contributed by atoms with E-state index in [0.717, 1.165) is 0 Å². The Hall–Kier alpha value is -3.50. The van der Waals surface area contributed by atoms with Crippen LogP contribution in [0.3, 0.4) is 0 Å². The summed E-state index contributed by atoms with van der Waals surface area (Å²) in [6.45, 7) is 8.55. The van der Waals surface area contributed by atoms with Crippen LogP contribution in [0.2, 0.25) is 0 Å². The van der Waals surface area contributed by atoms with Crippen molar-refractivity contribution < 1.29 is 38.5 Å². The summed E-state index contributed by atoms with van der Waals surface area (Å²) in [5, 5.41) is 14.7. The number of hydrogen-bond donors (Lipinski definition) is 3. The third-order valence-corrected chi connectivity index (χ3v) is 5.17. The Labute approximate surface area is 198 Å². The van der Waals surface area contributed by atoms with Gasteiger partial charge in [0.15, 0.2) is 0 Å². The van der Waals surface area contributed by atoms with Crippen LogP contribution in [0.5, 0.6) is 11.5 Å².